The summed E-state index contributed by atoms with van der Waals surface area (Å²) in [7, 11) is 1.22. The van der Waals surface area contributed by atoms with E-state index in [4.69, 9.17) is 4.74 Å². The molecule has 2 rings (SSSR count). The first kappa shape index (κ1) is 16.5. The van der Waals surface area contributed by atoms with E-state index in [9.17, 15) is 9.59 Å². The molecular formula is C17H18N2O4. The summed E-state index contributed by atoms with van der Waals surface area (Å²) in [5, 5.41) is 2.82. The van der Waals surface area contributed by atoms with Gasteiger partial charge < -0.3 is 14.8 Å². The minimum Gasteiger partial charge on any atom is -0.467 e. The van der Waals surface area contributed by atoms with Crippen LogP contribution in [0.15, 0.2) is 48.7 Å². The molecule has 0 fully saturated rings. The van der Waals surface area contributed by atoms with Gasteiger partial charge in [0.15, 0.2) is 0 Å². The topological polar surface area (TPSA) is 77.5 Å². The van der Waals surface area contributed by atoms with Crippen molar-refractivity contribution >= 4 is 17.6 Å². The standard InChI is InChI=1S/C17H18N2O4/c1-12-14(9-6-10-18-12)19-15(16(20)22-2)17(21)23-11-13-7-4-3-5-8-13/h3-10,15,19H,11H2,1-2H3. The van der Waals surface area contributed by atoms with Crippen molar-refractivity contribution in [3.63, 3.8) is 0 Å². The van der Waals surface area contributed by atoms with Crippen molar-refractivity contribution in [2.24, 2.45) is 0 Å². The summed E-state index contributed by atoms with van der Waals surface area (Å²) in [5.74, 6) is -1.42. The summed E-state index contributed by atoms with van der Waals surface area (Å²) >= 11 is 0. The van der Waals surface area contributed by atoms with E-state index in [1.54, 1.807) is 25.3 Å². The summed E-state index contributed by atoms with van der Waals surface area (Å²) in [6.45, 7) is 1.85. The lowest BCUT2D eigenvalue weighted by Gasteiger charge is -2.17. The van der Waals surface area contributed by atoms with E-state index in [-0.39, 0.29) is 6.61 Å². The molecule has 1 aromatic heterocycles. The Bertz CT molecular complexity index is 673. The first-order valence-electron chi connectivity index (χ1n) is 7.08. The Balaban J connectivity index is 2.07. The fourth-order valence-corrected chi connectivity index (χ4v) is 1.94. The molecule has 0 radical (unpaired) electrons. The Morgan fingerprint density at radius 3 is 2.52 bits per heavy atom. The van der Waals surface area contributed by atoms with Gasteiger partial charge in [-0.05, 0) is 24.6 Å². The molecule has 0 aliphatic carbocycles. The van der Waals surface area contributed by atoms with Crippen LogP contribution >= 0.6 is 0 Å². The third-order valence-corrected chi connectivity index (χ3v) is 3.20. The van der Waals surface area contributed by atoms with E-state index >= 15 is 0 Å². The Hall–Kier alpha value is -2.89. The number of nitrogens with zero attached hydrogens (tertiary/aromatic N) is 1. The Morgan fingerprint density at radius 1 is 1.13 bits per heavy atom. The molecule has 0 aliphatic rings. The van der Waals surface area contributed by atoms with Gasteiger partial charge in [-0.1, -0.05) is 30.3 Å². The number of aromatic nitrogens is 1. The number of anilines is 1. The minimum absolute atomic E-state index is 0.0842. The van der Waals surface area contributed by atoms with Gasteiger partial charge in [0.1, 0.15) is 6.61 Å². The average Bonchev–Trinajstić information content (AvgIpc) is 2.59. The normalized spacial score (nSPS) is 11.4. The molecule has 1 N–H and O–H groups in total. The third-order valence-electron chi connectivity index (χ3n) is 3.20. The molecule has 0 bridgehead atoms. The maximum Gasteiger partial charge on any atom is 0.340 e. The van der Waals surface area contributed by atoms with E-state index < -0.39 is 18.0 Å². The number of hydrogen-bond donors (Lipinski definition) is 1. The number of carbonyl (C=O) groups is 2. The van der Waals surface area contributed by atoms with Crippen LogP contribution in [0.25, 0.3) is 0 Å². The maximum atomic E-state index is 12.2. The number of rotatable bonds is 6. The minimum atomic E-state index is -1.24. The summed E-state index contributed by atoms with van der Waals surface area (Å²) in [4.78, 5) is 28.2. The zero-order valence-electron chi connectivity index (χ0n) is 13.0. The van der Waals surface area contributed by atoms with Gasteiger partial charge in [-0.15, -0.1) is 0 Å². The zero-order valence-corrected chi connectivity index (χ0v) is 13.0. The Labute approximate surface area is 134 Å². The molecule has 0 aliphatic heterocycles. The van der Waals surface area contributed by atoms with Crippen LogP contribution in [0, 0.1) is 6.92 Å². The Morgan fingerprint density at radius 2 is 1.87 bits per heavy atom. The van der Waals surface area contributed by atoms with Gasteiger partial charge in [0, 0.05) is 6.20 Å². The predicted octanol–water partition coefficient (Wildman–Crippen LogP) is 2.09. The van der Waals surface area contributed by atoms with Gasteiger partial charge in [0.2, 0.25) is 6.04 Å². The SMILES string of the molecule is COC(=O)C(Nc1cccnc1C)C(=O)OCc1ccccc1. The average molecular weight is 314 g/mol. The smallest absolute Gasteiger partial charge is 0.340 e. The van der Waals surface area contributed by atoms with Crippen LogP contribution < -0.4 is 5.32 Å². The highest BCUT2D eigenvalue weighted by Gasteiger charge is 2.29. The highest BCUT2D eigenvalue weighted by molar-refractivity contribution is 6.02. The summed E-state index contributed by atoms with van der Waals surface area (Å²) in [6, 6.07) is 11.4. The van der Waals surface area contributed by atoms with Crippen LogP contribution in [0.2, 0.25) is 0 Å². The second kappa shape index (κ2) is 7.93. The molecule has 1 heterocycles. The van der Waals surface area contributed by atoms with Crippen molar-refractivity contribution in [2.45, 2.75) is 19.6 Å². The lowest BCUT2D eigenvalue weighted by Crippen LogP contribution is -2.39. The van der Waals surface area contributed by atoms with Gasteiger partial charge in [0.05, 0.1) is 18.5 Å². The van der Waals surface area contributed by atoms with E-state index in [0.717, 1.165) is 5.56 Å². The molecule has 6 nitrogen and oxygen atoms in total. The van der Waals surface area contributed by atoms with Crippen LogP contribution in [0.3, 0.4) is 0 Å². The van der Waals surface area contributed by atoms with Crippen molar-refractivity contribution in [3.8, 4) is 0 Å². The number of pyridine rings is 1. The van der Waals surface area contributed by atoms with Crippen molar-refractivity contribution < 1.29 is 19.1 Å². The van der Waals surface area contributed by atoms with E-state index in [0.29, 0.717) is 11.4 Å². The highest BCUT2D eigenvalue weighted by atomic mass is 16.6. The van der Waals surface area contributed by atoms with Gasteiger partial charge in [-0.2, -0.15) is 0 Å². The van der Waals surface area contributed by atoms with Crippen molar-refractivity contribution in [1.29, 1.82) is 0 Å². The fraction of sp³-hybridized carbons (Fsp3) is 0.235. The molecule has 0 saturated carbocycles. The highest BCUT2D eigenvalue weighted by Crippen LogP contribution is 2.13. The lowest BCUT2D eigenvalue weighted by atomic mass is 10.2. The molecule has 6 heteroatoms. The number of esters is 2. The second-order valence-corrected chi connectivity index (χ2v) is 4.83. The van der Waals surface area contributed by atoms with Crippen LogP contribution in [0.4, 0.5) is 5.69 Å². The summed E-state index contributed by atoms with van der Waals surface area (Å²) in [6.07, 6.45) is 1.63. The van der Waals surface area contributed by atoms with E-state index in [2.05, 4.69) is 15.0 Å². The van der Waals surface area contributed by atoms with Crippen LogP contribution in [-0.4, -0.2) is 30.1 Å². The van der Waals surface area contributed by atoms with Gasteiger partial charge in [-0.25, -0.2) is 9.59 Å². The van der Waals surface area contributed by atoms with Gasteiger partial charge in [0.25, 0.3) is 0 Å². The molecular weight excluding hydrogens is 296 g/mol. The number of hydrogen-bond acceptors (Lipinski definition) is 6. The molecule has 23 heavy (non-hydrogen) atoms. The monoisotopic (exact) mass is 314 g/mol. The Kier molecular flexibility index (Phi) is 5.68. The van der Waals surface area contributed by atoms with Gasteiger partial charge >= 0.3 is 11.9 Å². The quantitative estimate of drug-likeness (QED) is 0.650. The zero-order chi connectivity index (χ0) is 16.7. The van der Waals surface area contributed by atoms with Gasteiger partial charge in [-0.3, -0.25) is 4.98 Å². The number of ether oxygens (including phenoxy) is 2. The molecule has 0 saturated heterocycles. The largest absolute Gasteiger partial charge is 0.467 e. The lowest BCUT2D eigenvalue weighted by molar-refractivity contribution is -0.155. The van der Waals surface area contributed by atoms with E-state index in [1.807, 2.05) is 30.3 Å². The number of aryl methyl sites for hydroxylation is 1. The third kappa shape index (κ3) is 4.54. The van der Waals surface area contributed by atoms with E-state index in [1.165, 1.54) is 7.11 Å². The molecule has 1 atom stereocenters. The molecule has 2 aromatic rings. The van der Waals surface area contributed by atoms with Crippen molar-refractivity contribution in [1.82, 2.24) is 4.98 Å². The number of benzene rings is 1. The van der Waals surface area contributed by atoms with Crippen molar-refractivity contribution in [3.05, 3.63) is 59.9 Å². The molecule has 1 aromatic carbocycles. The van der Waals surface area contributed by atoms with Crippen LogP contribution in [0.1, 0.15) is 11.3 Å². The first-order valence-corrected chi connectivity index (χ1v) is 7.08. The summed E-state index contributed by atoms with van der Waals surface area (Å²) in [5.41, 5.74) is 2.07. The molecule has 0 amide bonds. The fourth-order valence-electron chi connectivity index (χ4n) is 1.94. The second-order valence-electron chi connectivity index (χ2n) is 4.83. The molecule has 1 unspecified atom stereocenters. The predicted molar refractivity (Wildman–Crippen MR) is 84.6 cm³/mol. The van der Waals surface area contributed by atoms with Crippen molar-refractivity contribution in [2.75, 3.05) is 12.4 Å². The van der Waals surface area contributed by atoms with Crippen LogP contribution in [0.5, 0.6) is 0 Å². The molecule has 0 spiro atoms. The number of methoxy groups -OCH3 is 1. The first-order chi connectivity index (χ1) is 11.1. The summed E-state index contributed by atoms with van der Waals surface area (Å²) < 4.78 is 9.88. The van der Waals surface area contributed by atoms with Crippen LogP contribution in [-0.2, 0) is 25.7 Å². The number of nitrogens with one attached hydrogen (secondary N) is 1. The molecule has 120 valence electrons. The number of carbonyl (C=O) groups excluding carboxylic acids is 2. The maximum absolute atomic E-state index is 12.2.